The summed E-state index contributed by atoms with van der Waals surface area (Å²) in [6.45, 7) is 9.83. The number of ether oxygens (including phenoxy) is 1. The summed E-state index contributed by atoms with van der Waals surface area (Å²) in [7, 11) is 0. The lowest BCUT2D eigenvalue weighted by molar-refractivity contribution is -0.148. The van der Waals surface area contributed by atoms with Crippen molar-refractivity contribution in [2.75, 3.05) is 0 Å². The molecule has 0 fully saturated rings. The van der Waals surface area contributed by atoms with Crippen LogP contribution in [0.25, 0.3) is 0 Å². The van der Waals surface area contributed by atoms with E-state index >= 15 is 0 Å². The molecule has 0 saturated carbocycles. The molecule has 0 radical (unpaired) electrons. The van der Waals surface area contributed by atoms with Crippen molar-refractivity contribution in [3.05, 3.63) is 11.6 Å². The van der Waals surface area contributed by atoms with E-state index < -0.39 is 5.97 Å². The minimum Gasteiger partial charge on any atom is -0.458 e. The average Bonchev–Trinajstić information content (AvgIpc) is 2.16. The van der Waals surface area contributed by atoms with Crippen molar-refractivity contribution >= 4 is 11.8 Å². The number of ketones is 1. The molecule has 0 bridgehead atoms. The van der Waals surface area contributed by atoms with Crippen LogP contribution in [-0.4, -0.2) is 17.9 Å². The van der Waals surface area contributed by atoms with Crippen LogP contribution < -0.4 is 0 Å². The topological polar surface area (TPSA) is 43.4 Å². The van der Waals surface area contributed by atoms with Gasteiger partial charge in [-0.15, -0.1) is 0 Å². The van der Waals surface area contributed by atoms with Crippen molar-refractivity contribution in [3.8, 4) is 0 Å². The largest absolute Gasteiger partial charge is 0.458 e. The first-order valence-corrected chi connectivity index (χ1v) is 6.26. The second-order valence-corrected chi connectivity index (χ2v) is 4.75. The zero-order chi connectivity index (χ0) is 13.4. The third-order valence-electron chi connectivity index (χ3n) is 2.42. The Bertz CT molecular complexity index is 290. The highest BCUT2D eigenvalue weighted by Crippen LogP contribution is 2.10. The summed E-state index contributed by atoms with van der Waals surface area (Å²) in [6, 6.07) is 0. The molecule has 98 valence electrons. The highest BCUT2D eigenvalue weighted by Gasteiger charge is 2.14. The predicted octanol–water partition coefficient (Wildman–Crippen LogP) is 3.28. The minimum atomic E-state index is -0.424. The molecule has 0 heterocycles. The van der Waals surface area contributed by atoms with E-state index in [1.54, 1.807) is 0 Å². The molecule has 0 aliphatic heterocycles. The van der Waals surface area contributed by atoms with Crippen molar-refractivity contribution in [3.63, 3.8) is 0 Å². The number of Topliss-reactive ketones (excluding diaryl/α,β-unsaturated/α-hetero) is 1. The molecule has 1 unspecified atom stereocenters. The second-order valence-electron chi connectivity index (χ2n) is 4.75. The van der Waals surface area contributed by atoms with Gasteiger partial charge in [-0.3, -0.25) is 9.59 Å². The van der Waals surface area contributed by atoms with Crippen LogP contribution in [-0.2, 0) is 14.3 Å². The molecular weight excluding hydrogens is 216 g/mol. The Kier molecular flexibility index (Phi) is 7.51. The van der Waals surface area contributed by atoms with Crippen LogP contribution in [0, 0.1) is 5.92 Å². The first-order chi connectivity index (χ1) is 7.86. The summed E-state index contributed by atoms with van der Waals surface area (Å²) >= 11 is 0. The quantitative estimate of drug-likeness (QED) is 0.389. The number of hydrogen-bond donors (Lipinski definition) is 0. The fourth-order valence-electron chi connectivity index (χ4n) is 1.52. The maximum absolute atomic E-state index is 11.5. The van der Waals surface area contributed by atoms with E-state index in [9.17, 15) is 9.59 Å². The highest BCUT2D eigenvalue weighted by atomic mass is 16.5. The minimum absolute atomic E-state index is 0.0461. The second kappa shape index (κ2) is 8.04. The lowest BCUT2D eigenvalue weighted by atomic mass is 10.1. The van der Waals surface area contributed by atoms with Crippen LogP contribution >= 0.6 is 0 Å². The van der Waals surface area contributed by atoms with Gasteiger partial charge in [-0.2, -0.15) is 0 Å². The van der Waals surface area contributed by atoms with Gasteiger partial charge in [-0.1, -0.05) is 26.8 Å². The number of rotatable bonds is 7. The van der Waals surface area contributed by atoms with E-state index in [2.05, 4.69) is 19.9 Å². The van der Waals surface area contributed by atoms with Crippen molar-refractivity contribution in [1.29, 1.82) is 0 Å². The third-order valence-corrected chi connectivity index (χ3v) is 2.42. The Morgan fingerprint density at radius 1 is 1.24 bits per heavy atom. The Hall–Kier alpha value is -1.12. The lowest BCUT2D eigenvalue weighted by Crippen LogP contribution is -2.19. The summed E-state index contributed by atoms with van der Waals surface area (Å²) in [6.07, 6.45) is 2.93. The van der Waals surface area contributed by atoms with E-state index in [0.29, 0.717) is 12.3 Å². The molecule has 1 atom stereocenters. The number of hydrogen-bond acceptors (Lipinski definition) is 3. The molecule has 17 heavy (non-hydrogen) atoms. The Morgan fingerprint density at radius 3 is 2.29 bits per heavy atom. The Labute approximate surface area is 104 Å². The molecule has 0 aromatic heterocycles. The molecule has 3 heteroatoms. The average molecular weight is 240 g/mol. The normalized spacial score (nSPS) is 13.6. The molecule has 0 saturated heterocycles. The molecule has 0 aliphatic rings. The summed E-state index contributed by atoms with van der Waals surface area (Å²) in [4.78, 5) is 22.7. The fraction of sp³-hybridized carbons (Fsp3) is 0.714. The smallest absolute Gasteiger partial charge is 0.313 e. The number of carbonyl (C=O) groups excluding carboxylic acids is 2. The summed E-state index contributed by atoms with van der Waals surface area (Å²) in [5.74, 6) is -0.0412. The van der Waals surface area contributed by atoms with Gasteiger partial charge in [-0.05, 0) is 31.8 Å². The monoisotopic (exact) mass is 240 g/mol. The maximum Gasteiger partial charge on any atom is 0.313 e. The highest BCUT2D eigenvalue weighted by molar-refractivity contribution is 5.95. The summed E-state index contributed by atoms with van der Waals surface area (Å²) in [5.41, 5.74) is 1.02. The van der Waals surface area contributed by atoms with Crippen LogP contribution in [0.2, 0.25) is 0 Å². The number of esters is 1. The van der Waals surface area contributed by atoms with Crippen LogP contribution in [0.3, 0.4) is 0 Å². The first-order valence-electron chi connectivity index (χ1n) is 6.26. The van der Waals surface area contributed by atoms with E-state index in [1.165, 1.54) is 0 Å². The van der Waals surface area contributed by atoms with Gasteiger partial charge in [0, 0.05) is 6.42 Å². The zero-order valence-electron chi connectivity index (χ0n) is 11.6. The molecule has 0 amide bonds. The van der Waals surface area contributed by atoms with Gasteiger partial charge in [0.2, 0.25) is 0 Å². The summed E-state index contributed by atoms with van der Waals surface area (Å²) < 4.78 is 5.20. The molecule has 0 N–H and O–H groups in total. The van der Waals surface area contributed by atoms with Crippen LogP contribution in [0.5, 0.6) is 0 Å². The van der Waals surface area contributed by atoms with Gasteiger partial charge < -0.3 is 4.74 Å². The first kappa shape index (κ1) is 15.9. The molecule has 0 aromatic rings. The van der Waals surface area contributed by atoms with Crippen LogP contribution in [0.1, 0.15) is 53.9 Å². The number of carbonyl (C=O) groups is 2. The Morgan fingerprint density at radius 2 is 1.82 bits per heavy atom. The SMILES string of the molecule is CCCC(=O)CC(=O)OC(C)C(C)=CC(C)C. The van der Waals surface area contributed by atoms with Crippen LogP contribution in [0.4, 0.5) is 0 Å². The fourth-order valence-corrected chi connectivity index (χ4v) is 1.52. The molecule has 0 aliphatic carbocycles. The Balaban J connectivity index is 4.16. The molecule has 0 spiro atoms. The molecule has 3 nitrogen and oxygen atoms in total. The molecule has 0 aromatic carbocycles. The van der Waals surface area contributed by atoms with Gasteiger partial charge in [0.15, 0.2) is 0 Å². The van der Waals surface area contributed by atoms with Crippen molar-refractivity contribution < 1.29 is 14.3 Å². The van der Waals surface area contributed by atoms with E-state index in [4.69, 9.17) is 4.74 Å². The van der Waals surface area contributed by atoms with Crippen molar-refractivity contribution in [2.45, 2.75) is 60.0 Å². The number of allylic oxidation sites excluding steroid dienone is 1. The van der Waals surface area contributed by atoms with Crippen LogP contribution in [0.15, 0.2) is 11.6 Å². The van der Waals surface area contributed by atoms with Crippen molar-refractivity contribution in [1.82, 2.24) is 0 Å². The summed E-state index contributed by atoms with van der Waals surface area (Å²) in [5, 5.41) is 0. The van der Waals surface area contributed by atoms with E-state index in [0.717, 1.165) is 12.0 Å². The van der Waals surface area contributed by atoms with Gasteiger partial charge in [0.25, 0.3) is 0 Å². The standard InChI is InChI=1S/C14H24O3/c1-6-7-13(15)9-14(16)17-12(5)11(4)8-10(2)3/h8,10,12H,6-7,9H2,1-5H3. The molecule has 0 rings (SSSR count). The van der Waals surface area contributed by atoms with Gasteiger partial charge in [0.1, 0.15) is 18.3 Å². The zero-order valence-corrected chi connectivity index (χ0v) is 11.6. The van der Waals surface area contributed by atoms with Gasteiger partial charge in [0.05, 0.1) is 0 Å². The van der Waals surface area contributed by atoms with E-state index in [-0.39, 0.29) is 18.3 Å². The maximum atomic E-state index is 11.5. The van der Waals surface area contributed by atoms with E-state index in [1.807, 2.05) is 20.8 Å². The lowest BCUT2D eigenvalue weighted by Gasteiger charge is -2.14. The van der Waals surface area contributed by atoms with Crippen molar-refractivity contribution in [2.24, 2.45) is 5.92 Å². The third kappa shape index (κ3) is 7.72. The predicted molar refractivity (Wildman–Crippen MR) is 68.7 cm³/mol. The van der Waals surface area contributed by atoms with Gasteiger partial charge >= 0.3 is 5.97 Å². The molecular formula is C14H24O3. The van der Waals surface area contributed by atoms with Gasteiger partial charge in [-0.25, -0.2) is 0 Å².